The Kier molecular flexibility index (Phi) is 4.20. The fourth-order valence-corrected chi connectivity index (χ4v) is 3.49. The molecule has 0 amide bonds. The Morgan fingerprint density at radius 1 is 1.20 bits per heavy atom. The van der Waals surface area contributed by atoms with E-state index in [9.17, 15) is 0 Å². The van der Waals surface area contributed by atoms with Crippen LogP contribution in [0.2, 0.25) is 5.02 Å². The second-order valence-electron chi connectivity index (χ2n) is 4.91. The highest BCUT2D eigenvalue weighted by Crippen LogP contribution is 2.35. The van der Waals surface area contributed by atoms with E-state index in [-0.39, 0.29) is 12.1 Å². The maximum atomic E-state index is 6.30. The van der Waals surface area contributed by atoms with E-state index in [1.54, 1.807) is 0 Å². The largest absolute Gasteiger partial charge is 0.487 e. The molecule has 0 saturated heterocycles. The molecule has 2 aromatic carbocycles. The smallest absolute Gasteiger partial charge is 0.133 e. The summed E-state index contributed by atoms with van der Waals surface area (Å²) >= 11 is 7.71. The molecule has 0 aromatic heterocycles. The lowest BCUT2D eigenvalue weighted by Gasteiger charge is -2.29. The molecule has 1 aliphatic rings. The van der Waals surface area contributed by atoms with Gasteiger partial charge in [0.15, 0.2) is 0 Å². The van der Waals surface area contributed by atoms with E-state index >= 15 is 0 Å². The molecule has 0 fully saturated rings. The van der Waals surface area contributed by atoms with Crippen LogP contribution in [0.25, 0.3) is 0 Å². The van der Waals surface area contributed by atoms with Gasteiger partial charge >= 0.3 is 0 Å². The van der Waals surface area contributed by atoms with Crippen LogP contribution in [0, 0.1) is 0 Å². The lowest BCUT2D eigenvalue weighted by molar-refractivity contribution is 0.184. The van der Waals surface area contributed by atoms with E-state index in [4.69, 9.17) is 22.1 Å². The van der Waals surface area contributed by atoms with Gasteiger partial charge in [-0.25, -0.2) is 0 Å². The number of ether oxygens (including phenoxy) is 1. The van der Waals surface area contributed by atoms with Crippen LogP contribution in [0.5, 0.6) is 5.75 Å². The molecule has 2 atom stereocenters. The van der Waals surface area contributed by atoms with Gasteiger partial charge in [-0.15, -0.1) is 11.8 Å². The van der Waals surface area contributed by atoms with E-state index in [0.717, 1.165) is 22.9 Å². The molecular weight excluding hydrogens is 290 g/mol. The maximum Gasteiger partial charge on any atom is 0.133 e. The quantitative estimate of drug-likeness (QED) is 0.937. The number of hydrogen-bond donors (Lipinski definition) is 1. The van der Waals surface area contributed by atoms with Crippen molar-refractivity contribution < 1.29 is 4.74 Å². The summed E-state index contributed by atoms with van der Waals surface area (Å²) in [5, 5.41) is 0.751. The van der Waals surface area contributed by atoms with Crippen molar-refractivity contribution in [3.05, 3.63) is 59.1 Å². The van der Waals surface area contributed by atoms with Crippen molar-refractivity contribution >= 4 is 23.4 Å². The fourth-order valence-electron chi connectivity index (χ4n) is 2.27. The molecule has 0 saturated carbocycles. The third-order valence-electron chi connectivity index (χ3n) is 3.39. The Labute approximate surface area is 128 Å². The predicted octanol–water partition coefficient (Wildman–Crippen LogP) is 3.76. The van der Waals surface area contributed by atoms with Crippen LogP contribution in [0.1, 0.15) is 5.56 Å². The summed E-state index contributed by atoms with van der Waals surface area (Å²) in [5.41, 5.74) is 7.49. The first kappa shape index (κ1) is 13.8. The lowest BCUT2D eigenvalue weighted by atomic mass is 10.0. The first-order chi connectivity index (χ1) is 9.72. The third-order valence-corrected chi connectivity index (χ3v) is 4.79. The molecule has 104 valence electrons. The molecule has 2 nitrogen and oxygen atoms in total. The average Bonchev–Trinajstić information content (AvgIpc) is 2.49. The number of benzene rings is 2. The Balaban J connectivity index is 1.67. The van der Waals surface area contributed by atoms with Gasteiger partial charge in [0.2, 0.25) is 0 Å². The van der Waals surface area contributed by atoms with Crippen LogP contribution < -0.4 is 10.5 Å². The normalized spacial score (nSPS) is 19.0. The van der Waals surface area contributed by atoms with Crippen LogP contribution in [0.15, 0.2) is 53.4 Å². The molecule has 0 spiro atoms. The van der Waals surface area contributed by atoms with Gasteiger partial charge in [-0.05, 0) is 36.2 Å². The van der Waals surface area contributed by atoms with E-state index < -0.39 is 0 Å². The predicted molar refractivity (Wildman–Crippen MR) is 84.7 cm³/mol. The minimum Gasteiger partial charge on any atom is -0.487 e. The van der Waals surface area contributed by atoms with Gasteiger partial charge in [0.1, 0.15) is 11.9 Å². The van der Waals surface area contributed by atoms with Gasteiger partial charge in [0.25, 0.3) is 0 Å². The summed E-state index contributed by atoms with van der Waals surface area (Å²) in [6, 6.07) is 15.9. The SMILES string of the molecule is NC(Cc1ccc(Cl)cc1)C1CSc2ccccc2O1. The lowest BCUT2D eigenvalue weighted by Crippen LogP contribution is -2.43. The molecule has 1 aliphatic heterocycles. The zero-order valence-corrected chi connectivity index (χ0v) is 12.5. The number of nitrogens with two attached hydrogens (primary N) is 1. The van der Waals surface area contributed by atoms with E-state index in [1.807, 2.05) is 54.2 Å². The second-order valence-corrected chi connectivity index (χ2v) is 6.41. The first-order valence-electron chi connectivity index (χ1n) is 6.61. The van der Waals surface area contributed by atoms with Crippen molar-refractivity contribution in [2.75, 3.05) is 5.75 Å². The van der Waals surface area contributed by atoms with Crippen molar-refractivity contribution in [3.63, 3.8) is 0 Å². The Bertz CT molecular complexity index is 587. The van der Waals surface area contributed by atoms with Crippen LogP contribution in [-0.4, -0.2) is 17.9 Å². The summed E-state index contributed by atoms with van der Waals surface area (Å²) in [6.07, 6.45) is 0.843. The topological polar surface area (TPSA) is 35.2 Å². The highest BCUT2D eigenvalue weighted by molar-refractivity contribution is 7.99. The minimum atomic E-state index is -0.0166. The number of hydrogen-bond acceptors (Lipinski definition) is 3. The Hall–Kier alpha value is -1.16. The standard InChI is InChI=1S/C16H16ClNOS/c17-12-7-5-11(6-8-12)9-13(18)15-10-20-16-4-2-1-3-14(16)19-15/h1-8,13,15H,9-10,18H2. The summed E-state index contributed by atoms with van der Waals surface area (Å²) in [4.78, 5) is 1.20. The summed E-state index contributed by atoms with van der Waals surface area (Å²) < 4.78 is 6.02. The molecular formula is C16H16ClNOS. The van der Waals surface area contributed by atoms with E-state index in [0.29, 0.717) is 0 Å². The number of rotatable bonds is 3. The van der Waals surface area contributed by atoms with Crippen LogP contribution in [0.3, 0.4) is 0 Å². The molecule has 4 heteroatoms. The van der Waals surface area contributed by atoms with E-state index in [2.05, 4.69) is 6.07 Å². The summed E-state index contributed by atoms with van der Waals surface area (Å²) in [5.74, 6) is 1.84. The molecule has 3 rings (SSSR count). The Morgan fingerprint density at radius 3 is 2.75 bits per heavy atom. The number of thioether (sulfide) groups is 1. The minimum absolute atomic E-state index is 0.0166. The molecule has 2 aromatic rings. The summed E-state index contributed by atoms with van der Waals surface area (Å²) in [6.45, 7) is 0. The van der Waals surface area contributed by atoms with Crippen LogP contribution >= 0.6 is 23.4 Å². The third kappa shape index (κ3) is 3.11. The van der Waals surface area contributed by atoms with Gasteiger partial charge in [0, 0.05) is 21.7 Å². The number of para-hydroxylation sites is 1. The zero-order valence-electron chi connectivity index (χ0n) is 11.0. The molecule has 20 heavy (non-hydrogen) atoms. The molecule has 1 heterocycles. The molecule has 0 aliphatic carbocycles. The van der Waals surface area contributed by atoms with Gasteiger partial charge in [-0.2, -0.15) is 0 Å². The van der Waals surface area contributed by atoms with Crippen molar-refractivity contribution in [2.45, 2.75) is 23.5 Å². The molecule has 0 radical (unpaired) electrons. The van der Waals surface area contributed by atoms with E-state index in [1.165, 1.54) is 10.5 Å². The average molecular weight is 306 g/mol. The molecule has 2 unspecified atom stereocenters. The second kappa shape index (κ2) is 6.08. The van der Waals surface area contributed by atoms with Crippen molar-refractivity contribution in [1.29, 1.82) is 0 Å². The Morgan fingerprint density at radius 2 is 1.95 bits per heavy atom. The van der Waals surface area contributed by atoms with Gasteiger partial charge < -0.3 is 10.5 Å². The first-order valence-corrected chi connectivity index (χ1v) is 7.97. The van der Waals surface area contributed by atoms with Gasteiger partial charge in [-0.3, -0.25) is 0 Å². The van der Waals surface area contributed by atoms with Crippen molar-refractivity contribution in [2.24, 2.45) is 5.73 Å². The van der Waals surface area contributed by atoms with Crippen LogP contribution in [0.4, 0.5) is 0 Å². The highest BCUT2D eigenvalue weighted by Gasteiger charge is 2.25. The monoisotopic (exact) mass is 305 g/mol. The fraction of sp³-hybridized carbons (Fsp3) is 0.250. The van der Waals surface area contributed by atoms with Crippen LogP contribution in [-0.2, 0) is 6.42 Å². The van der Waals surface area contributed by atoms with Crippen molar-refractivity contribution in [3.8, 4) is 5.75 Å². The van der Waals surface area contributed by atoms with Crippen molar-refractivity contribution in [1.82, 2.24) is 0 Å². The van der Waals surface area contributed by atoms with Gasteiger partial charge in [-0.1, -0.05) is 35.9 Å². The summed E-state index contributed by atoms with van der Waals surface area (Å²) in [7, 11) is 0. The maximum absolute atomic E-state index is 6.30. The zero-order chi connectivity index (χ0) is 13.9. The number of halogens is 1. The molecule has 2 N–H and O–H groups in total. The highest BCUT2D eigenvalue weighted by atomic mass is 35.5. The number of fused-ring (bicyclic) bond motifs is 1. The van der Waals surface area contributed by atoms with Gasteiger partial charge in [0.05, 0.1) is 0 Å². The molecule has 0 bridgehead atoms.